The lowest BCUT2D eigenvalue weighted by Gasteiger charge is -2.06. The van der Waals surface area contributed by atoms with Crippen molar-refractivity contribution in [1.82, 2.24) is 4.98 Å². The Hall–Kier alpha value is -1.39. The molecule has 1 aromatic carbocycles. The van der Waals surface area contributed by atoms with Crippen LogP contribution < -0.4 is 5.32 Å². The number of carbonyl (C=O) groups is 1. The predicted octanol–water partition coefficient (Wildman–Crippen LogP) is 4.06. The Bertz CT molecular complexity index is 564. The minimum atomic E-state index is -0.200. The molecule has 0 fully saturated rings. The first-order valence-corrected chi connectivity index (χ1v) is 6.42. The van der Waals surface area contributed by atoms with Gasteiger partial charge in [0, 0.05) is 16.2 Å². The fraction of sp³-hybridized carbons (Fsp3) is 0.0769. The molecule has 0 radical (unpaired) electrons. The Morgan fingerprint density at radius 3 is 2.72 bits per heavy atom. The summed E-state index contributed by atoms with van der Waals surface area (Å²) in [5.74, 6) is 0.274. The Kier molecular flexibility index (Phi) is 3.99. The largest absolute Gasteiger partial charge is 0.307 e. The van der Waals surface area contributed by atoms with Gasteiger partial charge in [0.1, 0.15) is 5.82 Å². The highest BCUT2D eigenvalue weighted by atomic mass is 79.9. The van der Waals surface area contributed by atoms with Crippen molar-refractivity contribution in [3.8, 4) is 0 Å². The van der Waals surface area contributed by atoms with Crippen molar-refractivity contribution in [2.24, 2.45) is 0 Å². The van der Waals surface area contributed by atoms with Crippen LogP contribution in [0.15, 0.2) is 41.0 Å². The van der Waals surface area contributed by atoms with Gasteiger partial charge in [-0.25, -0.2) is 4.98 Å². The summed E-state index contributed by atoms with van der Waals surface area (Å²) in [6, 6.07) is 8.85. The van der Waals surface area contributed by atoms with Crippen LogP contribution in [-0.2, 0) is 0 Å². The first kappa shape index (κ1) is 13.1. The number of hydrogen-bond acceptors (Lipinski definition) is 2. The van der Waals surface area contributed by atoms with E-state index in [0.29, 0.717) is 16.4 Å². The number of carbonyl (C=O) groups excluding carboxylic acids is 1. The molecule has 0 bridgehead atoms. The lowest BCUT2D eigenvalue weighted by atomic mass is 10.1. The molecule has 92 valence electrons. The van der Waals surface area contributed by atoms with E-state index in [1.807, 2.05) is 19.1 Å². The summed E-state index contributed by atoms with van der Waals surface area (Å²) in [6.45, 7) is 1.93. The van der Waals surface area contributed by atoms with Crippen molar-refractivity contribution in [3.63, 3.8) is 0 Å². The molecule has 5 heteroatoms. The number of nitrogens with one attached hydrogen (secondary N) is 1. The summed E-state index contributed by atoms with van der Waals surface area (Å²) in [5.41, 5.74) is 1.59. The average Bonchev–Trinajstić information content (AvgIpc) is 2.31. The molecule has 1 amide bonds. The van der Waals surface area contributed by atoms with E-state index in [1.54, 1.807) is 18.2 Å². The molecule has 2 aromatic rings. The maximum atomic E-state index is 12.0. The molecule has 0 unspecified atom stereocenters. The van der Waals surface area contributed by atoms with Crippen LogP contribution in [0.3, 0.4) is 0 Å². The molecule has 0 spiro atoms. The molecule has 2 rings (SSSR count). The topological polar surface area (TPSA) is 42.0 Å². The summed E-state index contributed by atoms with van der Waals surface area (Å²) in [5, 5.41) is 3.24. The molecule has 0 aliphatic carbocycles. The highest BCUT2D eigenvalue weighted by Gasteiger charge is 2.08. The van der Waals surface area contributed by atoms with Crippen LogP contribution in [0.25, 0.3) is 0 Å². The monoisotopic (exact) mass is 324 g/mol. The van der Waals surface area contributed by atoms with Gasteiger partial charge in [-0.15, -0.1) is 0 Å². The summed E-state index contributed by atoms with van der Waals surface area (Å²) in [6.07, 6.45) is 1.49. The van der Waals surface area contributed by atoms with E-state index < -0.39 is 0 Å². The molecule has 0 atom stereocenters. The van der Waals surface area contributed by atoms with Crippen molar-refractivity contribution in [2.75, 3.05) is 5.32 Å². The molecule has 0 aliphatic heterocycles. The molecule has 18 heavy (non-hydrogen) atoms. The maximum absolute atomic E-state index is 12.0. The van der Waals surface area contributed by atoms with Crippen LogP contribution in [0.2, 0.25) is 5.02 Å². The fourth-order valence-corrected chi connectivity index (χ4v) is 2.23. The second kappa shape index (κ2) is 5.50. The molecule has 3 nitrogen and oxygen atoms in total. The van der Waals surface area contributed by atoms with E-state index in [0.717, 1.165) is 10.0 Å². The second-order valence-electron chi connectivity index (χ2n) is 3.83. The smallest absolute Gasteiger partial charge is 0.256 e. The quantitative estimate of drug-likeness (QED) is 0.905. The molecule has 1 heterocycles. The van der Waals surface area contributed by atoms with E-state index in [1.165, 1.54) is 6.20 Å². The van der Waals surface area contributed by atoms with Gasteiger partial charge in [0.2, 0.25) is 0 Å². The average molecular weight is 326 g/mol. The summed E-state index contributed by atoms with van der Waals surface area (Å²) in [4.78, 5) is 16.0. The van der Waals surface area contributed by atoms with Crippen LogP contribution in [0, 0.1) is 6.92 Å². The van der Waals surface area contributed by atoms with Crippen molar-refractivity contribution < 1.29 is 4.79 Å². The van der Waals surface area contributed by atoms with Gasteiger partial charge in [0.15, 0.2) is 0 Å². The van der Waals surface area contributed by atoms with E-state index in [2.05, 4.69) is 26.2 Å². The SMILES string of the molecule is Cc1cc(Br)cc(C(=O)Nc2ccc(Cl)cn2)c1. The van der Waals surface area contributed by atoms with Crippen molar-refractivity contribution >= 4 is 39.3 Å². The van der Waals surface area contributed by atoms with Gasteiger partial charge in [-0.2, -0.15) is 0 Å². The number of pyridine rings is 1. The van der Waals surface area contributed by atoms with E-state index in [4.69, 9.17) is 11.6 Å². The van der Waals surface area contributed by atoms with Crippen LogP contribution in [0.5, 0.6) is 0 Å². The van der Waals surface area contributed by atoms with Gasteiger partial charge in [-0.1, -0.05) is 27.5 Å². The number of anilines is 1. The van der Waals surface area contributed by atoms with Gasteiger partial charge in [0.25, 0.3) is 5.91 Å². The number of nitrogens with zero attached hydrogens (tertiary/aromatic N) is 1. The lowest BCUT2D eigenvalue weighted by Crippen LogP contribution is -2.13. The molecule has 1 N–H and O–H groups in total. The zero-order chi connectivity index (χ0) is 13.1. The number of rotatable bonds is 2. The fourth-order valence-electron chi connectivity index (χ4n) is 1.51. The number of halogens is 2. The molecule has 0 aliphatic rings. The highest BCUT2D eigenvalue weighted by molar-refractivity contribution is 9.10. The highest BCUT2D eigenvalue weighted by Crippen LogP contribution is 2.17. The molecular formula is C13H10BrClN2O. The van der Waals surface area contributed by atoms with Gasteiger partial charge in [-0.3, -0.25) is 4.79 Å². The standard InChI is InChI=1S/C13H10BrClN2O/c1-8-4-9(6-10(14)5-8)13(18)17-12-3-2-11(15)7-16-12/h2-7H,1H3,(H,16,17,18). The van der Waals surface area contributed by atoms with Crippen molar-refractivity contribution in [3.05, 3.63) is 57.2 Å². The first-order valence-electron chi connectivity index (χ1n) is 5.25. The van der Waals surface area contributed by atoms with Gasteiger partial charge >= 0.3 is 0 Å². The normalized spacial score (nSPS) is 10.2. The Morgan fingerprint density at radius 1 is 1.33 bits per heavy atom. The summed E-state index contributed by atoms with van der Waals surface area (Å²) < 4.78 is 0.872. The van der Waals surface area contributed by atoms with Crippen LogP contribution in [0.4, 0.5) is 5.82 Å². The first-order chi connectivity index (χ1) is 8.54. The Labute approximate surface area is 118 Å². The Morgan fingerprint density at radius 2 is 2.11 bits per heavy atom. The number of amides is 1. The number of hydrogen-bond donors (Lipinski definition) is 1. The molecule has 1 aromatic heterocycles. The van der Waals surface area contributed by atoms with Gasteiger partial charge < -0.3 is 5.32 Å². The van der Waals surface area contributed by atoms with Crippen molar-refractivity contribution in [2.45, 2.75) is 6.92 Å². The van der Waals surface area contributed by atoms with Crippen molar-refractivity contribution in [1.29, 1.82) is 0 Å². The number of benzene rings is 1. The second-order valence-corrected chi connectivity index (χ2v) is 5.19. The van der Waals surface area contributed by atoms with E-state index in [9.17, 15) is 4.79 Å². The van der Waals surface area contributed by atoms with Crippen LogP contribution in [0.1, 0.15) is 15.9 Å². The van der Waals surface area contributed by atoms with E-state index >= 15 is 0 Å². The third kappa shape index (κ3) is 3.31. The zero-order valence-electron chi connectivity index (χ0n) is 9.58. The zero-order valence-corrected chi connectivity index (χ0v) is 11.9. The molecule has 0 saturated carbocycles. The van der Waals surface area contributed by atoms with Gasteiger partial charge in [0.05, 0.1) is 5.02 Å². The molecular weight excluding hydrogens is 316 g/mol. The summed E-state index contributed by atoms with van der Waals surface area (Å²) >= 11 is 9.09. The minimum absolute atomic E-state index is 0.200. The number of aryl methyl sites for hydroxylation is 1. The van der Waals surface area contributed by atoms with E-state index in [-0.39, 0.29) is 5.91 Å². The lowest BCUT2D eigenvalue weighted by molar-refractivity contribution is 0.102. The Balaban J connectivity index is 2.19. The van der Waals surface area contributed by atoms with Crippen LogP contribution in [-0.4, -0.2) is 10.9 Å². The molecule has 0 saturated heterocycles. The third-order valence-electron chi connectivity index (χ3n) is 2.27. The predicted molar refractivity (Wildman–Crippen MR) is 76.1 cm³/mol. The van der Waals surface area contributed by atoms with Crippen LogP contribution >= 0.6 is 27.5 Å². The maximum Gasteiger partial charge on any atom is 0.256 e. The number of aromatic nitrogens is 1. The summed E-state index contributed by atoms with van der Waals surface area (Å²) in [7, 11) is 0. The third-order valence-corrected chi connectivity index (χ3v) is 2.95. The minimum Gasteiger partial charge on any atom is -0.307 e. The van der Waals surface area contributed by atoms with Gasteiger partial charge in [-0.05, 0) is 42.8 Å².